The molecule has 0 amide bonds. The number of benzene rings is 2. The molecule has 0 bridgehead atoms. The fraction of sp³-hybridized carbons (Fsp3) is 0.304. The first-order valence-corrected chi connectivity index (χ1v) is 9.72. The lowest BCUT2D eigenvalue weighted by atomic mass is 10.1. The normalized spacial score (nSPS) is 11.1. The fourth-order valence-corrected chi connectivity index (χ4v) is 3.26. The van der Waals surface area contributed by atoms with E-state index in [1.807, 2.05) is 12.1 Å². The van der Waals surface area contributed by atoms with E-state index in [-0.39, 0.29) is 24.0 Å². The van der Waals surface area contributed by atoms with Crippen molar-refractivity contribution in [3.8, 4) is 0 Å². The van der Waals surface area contributed by atoms with Crippen molar-refractivity contribution in [1.29, 1.82) is 0 Å². The molecule has 1 heterocycles. The van der Waals surface area contributed by atoms with Gasteiger partial charge >= 0.3 is 0 Å². The third kappa shape index (κ3) is 6.59. The molecular formula is C23H30IN5. The Labute approximate surface area is 190 Å². The van der Waals surface area contributed by atoms with Gasteiger partial charge in [-0.15, -0.1) is 24.0 Å². The summed E-state index contributed by atoms with van der Waals surface area (Å²) in [6, 6.07) is 20.9. The molecule has 1 aromatic heterocycles. The average Bonchev–Trinajstić information content (AvgIpc) is 2.99. The number of rotatable bonds is 7. The second-order valence-corrected chi connectivity index (χ2v) is 6.88. The number of aromatic nitrogens is 2. The highest BCUT2D eigenvalue weighted by atomic mass is 127. The summed E-state index contributed by atoms with van der Waals surface area (Å²) in [4.78, 5) is 4.34. The number of hydrogen-bond donors (Lipinski definition) is 2. The lowest BCUT2D eigenvalue weighted by Gasteiger charge is -2.12. The molecule has 0 aliphatic rings. The van der Waals surface area contributed by atoms with Crippen molar-refractivity contribution in [2.75, 3.05) is 13.6 Å². The van der Waals surface area contributed by atoms with Gasteiger partial charge in [0.2, 0.25) is 0 Å². The first-order chi connectivity index (χ1) is 13.7. The Morgan fingerprint density at radius 3 is 2.17 bits per heavy atom. The maximum Gasteiger partial charge on any atom is 0.191 e. The maximum absolute atomic E-state index is 4.73. The van der Waals surface area contributed by atoms with Gasteiger partial charge in [-0.3, -0.25) is 9.67 Å². The first-order valence-electron chi connectivity index (χ1n) is 9.72. The molecule has 0 unspecified atom stereocenters. The molecule has 5 nitrogen and oxygen atoms in total. The van der Waals surface area contributed by atoms with Crippen LogP contribution >= 0.6 is 24.0 Å². The summed E-state index contributed by atoms with van der Waals surface area (Å²) in [5.41, 5.74) is 6.04. The standard InChI is InChI=1S/C23H29N5.HI/c1-18-22(19(2)28(27-18)17-21-12-8-5-9-13-21)16-26-23(24-3)25-15-14-20-10-6-4-7-11-20;/h4-13H,14-17H2,1-3H3,(H2,24,25,26);1H. The van der Waals surface area contributed by atoms with Crippen LogP contribution in [0.1, 0.15) is 28.1 Å². The highest BCUT2D eigenvalue weighted by Gasteiger charge is 2.12. The van der Waals surface area contributed by atoms with Crippen molar-refractivity contribution in [2.24, 2.45) is 4.99 Å². The lowest BCUT2D eigenvalue weighted by molar-refractivity contribution is 0.657. The van der Waals surface area contributed by atoms with Crippen LogP contribution in [0.3, 0.4) is 0 Å². The summed E-state index contributed by atoms with van der Waals surface area (Å²) in [5.74, 6) is 0.811. The molecule has 154 valence electrons. The number of hydrogen-bond acceptors (Lipinski definition) is 2. The Kier molecular flexibility index (Phi) is 9.18. The number of guanidine groups is 1. The van der Waals surface area contributed by atoms with Crippen molar-refractivity contribution in [3.05, 3.63) is 88.7 Å². The number of aryl methyl sites for hydroxylation is 1. The molecule has 0 saturated heterocycles. The van der Waals surface area contributed by atoms with Crippen LogP contribution in [0.25, 0.3) is 0 Å². The topological polar surface area (TPSA) is 54.2 Å². The van der Waals surface area contributed by atoms with Crippen LogP contribution in [0.2, 0.25) is 0 Å². The smallest absolute Gasteiger partial charge is 0.191 e. The molecule has 3 rings (SSSR count). The summed E-state index contributed by atoms with van der Waals surface area (Å²) in [6.07, 6.45) is 0.967. The van der Waals surface area contributed by atoms with Gasteiger partial charge in [0, 0.05) is 31.4 Å². The van der Waals surface area contributed by atoms with Gasteiger partial charge in [-0.1, -0.05) is 60.7 Å². The van der Waals surface area contributed by atoms with Crippen molar-refractivity contribution in [2.45, 2.75) is 33.4 Å². The van der Waals surface area contributed by atoms with Crippen LogP contribution in [-0.2, 0) is 19.5 Å². The highest BCUT2D eigenvalue weighted by molar-refractivity contribution is 14.0. The van der Waals surface area contributed by atoms with E-state index in [1.54, 1.807) is 7.05 Å². The summed E-state index contributed by atoms with van der Waals surface area (Å²) in [5, 5.41) is 11.5. The molecule has 0 aliphatic heterocycles. The van der Waals surface area contributed by atoms with E-state index in [4.69, 9.17) is 5.10 Å². The minimum atomic E-state index is 0. The molecule has 0 spiro atoms. The monoisotopic (exact) mass is 503 g/mol. The predicted octanol–water partition coefficient (Wildman–Crippen LogP) is 4.07. The van der Waals surface area contributed by atoms with E-state index in [1.165, 1.54) is 22.4 Å². The van der Waals surface area contributed by atoms with Crippen molar-refractivity contribution in [1.82, 2.24) is 20.4 Å². The minimum absolute atomic E-state index is 0. The fourth-order valence-electron chi connectivity index (χ4n) is 3.26. The van der Waals surface area contributed by atoms with E-state index in [2.05, 4.69) is 82.7 Å². The third-order valence-corrected chi connectivity index (χ3v) is 4.91. The molecular weight excluding hydrogens is 473 g/mol. The van der Waals surface area contributed by atoms with Crippen LogP contribution in [0, 0.1) is 13.8 Å². The van der Waals surface area contributed by atoms with E-state index < -0.39 is 0 Å². The third-order valence-electron chi connectivity index (χ3n) is 4.91. The SMILES string of the molecule is CN=C(NCCc1ccccc1)NCc1c(C)nn(Cc2ccccc2)c1C.I. The Bertz CT molecular complexity index is 904. The van der Waals surface area contributed by atoms with Gasteiger partial charge < -0.3 is 10.6 Å². The zero-order valence-electron chi connectivity index (χ0n) is 17.4. The van der Waals surface area contributed by atoms with E-state index in [0.717, 1.165) is 31.2 Å². The summed E-state index contributed by atoms with van der Waals surface area (Å²) >= 11 is 0. The summed E-state index contributed by atoms with van der Waals surface area (Å²) < 4.78 is 2.08. The zero-order valence-corrected chi connectivity index (χ0v) is 19.7. The van der Waals surface area contributed by atoms with Gasteiger partial charge in [0.25, 0.3) is 0 Å². The number of aliphatic imine (C=N–C) groups is 1. The Morgan fingerprint density at radius 1 is 0.931 bits per heavy atom. The van der Waals surface area contributed by atoms with Crippen LogP contribution in [-0.4, -0.2) is 29.3 Å². The second-order valence-electron chi connectivity index (χ2n) is 6.88. The van der Waals surface area contributed by atoms with Crippen LogP contribution in [0.5, 0.6) is 0 Å². The molecule has 0 saturated carbocycles. The molecule has 0 fully saturated rings. The lowest BCUT2D eigenvalue weighted by Crippen LogP contribution is -2.38. The van der Waals surface area contributed by atoms with Crippen molar-refractivity contribution < 1.29 is 0 Å². The predicted molar refractivity (Wildman–Crippen MR) is 131 cm³/mol. The van der Waals surface area contributed by atoms with Crippen LogP contribution < -0.4 is 10.6 Å². The molecule has 3 aromatic rings. The average molecular weight is 503 g/mol. The van der Waals surface area contributed by atoms with Gasteiger partial charge in [-0.05, 0) is 31.4 Å². The van der Waals surface area contributed by atoms with Crippen LogP contribution in [0.15, 0.2) is 65.7 Å². The first kappa shape index (κ1) is 22.9. The minimum Gasteiger partial charge on any atom is -0.356 e. The number of nitrogens with one attached hydrogen (secondary N) is 2. The molecule has 2 N–H and O–H groups in total. The zero-order chi connectivity index (χ0) is 19.8. The largest absolute Gasteiger partial charge is 0.356 e. The number of halogens is 1. The maximum atomic E-state index is 4.73. The molecule has 6 heteroatoms. The molecule has 0 atom stereocenters. The van der Waals surface area contributed by atoms with Gasteiger partial charge in [0.15, 0.2) is 5.96 Å². The van der Waals surface area contributed by atoms with Gasteiger partial charge in [0.05, 0.1) is 12.2 Å². The molecule has 0 aliphatic carbocycles. The molecule has 29 heavy (non-hydrogen) atoms. The van der Waals surface area contributed by atoms with Crippen molar-refractivity contribution in [3.63, 3.8) is 0 Å². The Hall–Kier alpha value is -2.35. The summed E-state index contributed by atoms with van der Waals surface area (Å²) in [7, 11) is 1.80. The van der Waals surface area contributed by atoms with Gasteiger partial charge in [-0.2, -0.15) is 5.10 Å². The van der Waals surface area contributed by atoms with E-state index >= 15 is 0 Å². The Morgan fingerprint density at radius 2 is 1.55 bits per heavy atom. The number of nitrogens with zero attached hydrogens (tertiary/aromatic N) is 3. The Balaban J connectivity index is 0.00000300. The molecule has 0 radical (unpaired) electrons. The van der Waals surface area contributed by atoms with Gasteiger partial charge in [0.1, 0.15) is 0 Å². The summed E-state index contributed by atoms with van der Waals surface area (Å²) in [6.45, 7) is 6.53. The molecule has 2 aromatic carbocycles. The second kappa shape index (κ2) is 11.6. The van der Waals surface area contributed by atoms with Crippen LogP contribution in [0.4, 0.5) is 0 Å². The van der Waals surface area contributed by atoms with E-state index in [9.17, 15) is 0 Å². The van der Waals surface area contributed by atoms with Gasteiger partial charge in [-0.25, -0.2) is 0 Å². The quantitative estimate of drug-likeness (QED) is 0.291. The highest BCUT2D eigenvalue weighted by Crippen LogP contribution is 2.14. The van der Waals surface area contributed by atoms with Crippen molar-refractivity contribution >= 4 is 29.9 Å². The van der Waals surface area contributed by atoms with E-state index in [0.29, 0.717) is 6.54 Å².